The molecule has 0 aliphatic heterocycles. The van der Waals surface area contributed by atoms with E-state index in [4.69, 9.17) is 4.74 Å². The number of esters is 1. The van der Waals surface area contributed by atoms with Crippen molar-refractivity contribution in [3.05, 3.63) is 6.92 Å². The topological polar surface area (TPSA) is 26.3 Å². The molecule has 0 amide bonds. The molecule has 2 heteroatoms. The summed E-state index contributed by atoms with van der Waals surface area (Å²) in [4.78, 5) is 11.3. The fourth-order valence-corrected chi connectivity index (χ4v) is 1.76. The molecule has 0 aromatic carbocycles. The summed E-state index contributed by atoms with van der Waals surface area (Å²) in [6.45, 7) is 6.55. The Hall–Kier alpha value is -0.530. The molecule has 0 spiro atoms. The van der Waals surface area contributed by atoms with Crippen molar-refractivity contribution in [1.82, 2.24) is 0 Å². The smallest absolute Gasteiger partial charge is 0.305 e. The summed E-state index contributed by atoms with van der Waals surface area (Å²) in [5.74, 6) is -0.0254. The first kappa shape index (κ1) is 16.5. The van der Waals surface area contributed by atoms with Crippen LogP contribution in [0.4, 0.5) is 0 Å². The third-order valence-electron chi connectivity index (χ3n) is 2.89. The molecule has 0 rings (SSSR count). The lowest BCUT2D eigenvalue weighted by Crippen LogP contribution is -2.05. The predicted molar refractivity (Wildman–Crippen MR) is 72.8 cm³/mol. The molecule has 0 aliphatic rings. The van der Waals surface area contributed by atoms with Gasteiger partial charge in [-0.1, -0.05) is 65.2 Å². The normalized spacial score (nSPS) is 10.5. The Balaban J connectivity index is 3.11. The fourth-order valence-electron chi connectivity index (χ4n) is 1.76. The average molecular weight is 241 g/mol. The Kier molecular flexibility index (Phi) is 13.1. The maximum Gasteiger partial charge on any atom is 0.305 e. The van der Waals surface area contributed by atoms with E-state index in [0.29, 0.717) is 13.0 Å². The number of carbonyl (C=O) groups is 1. The molecule has 0 saturated carbocycles. The first-order valence-corrected chi connectivity index (χ1v) is 7.26. The van der Waals surface area contributed by atoms with Gasteiger partial charge in [-0.3, -0.25) is 4.79 Å². The van der Waals surface area contributed by atoms with E-state index >= 15 is 0 Å². The van der Waals surface area contributed by atoms with Crippen LogP contribution in [0.2, 0.25) is 0 Å². The van der Waals surface area contributed by atoms with Crippen molar-refractivity contribution in [2.45, 2.75) is 77.6 Å². The molecule has 0 aliphatic carbocycles. The summed E-state index contributed by atoms with van der Waals surface area (Å²) in [5.41, 5.74) is 0. The Morgan fingerprint density at radius 2 is 1.59 bits per heavy atom. The highest BCUT2D eigenvalue weighted by molar-refractivity contribution is 5.69. The van der Waals surface area contributed by atoms with Crippen LogP contribution in [0, 0.1) is 6.92 Å². The maximum absolute atomic E-state index is 11.3. The lowest BCUT2D eigenvalue weighted by Gasteiger charge is -2.04. The van der Waals surface area contributed by atoms with Gasteiger partial charge >= 0.3 is 5.97 Å². The quantitative estimate of drug-likeness (QED) is 0.366. The maximum atomic E-state index is 11.3. The first-order chi connectivity index (χ1) is 8.31. The molecule has 0 bridgehead atoms. The highest BCUT2D eigenvalue weighted by atomic mass is 16.5. The molecule has 2 nitrogen and oxygen atoms in total. The van der Waals surface area contributed by atoms with Crippen LogP contribution in [0.15, 0.2) is 0 Å². The van der Waals surface area contributed by atoms with Gasteiger partial charge in [0.25, 0.3) is 0 Å². The second-order valence-corrected chi connectivity index (χ2v) is 4.65. The molecule has 0 unspecified atom stereocenters. The van der Waals surface area contributed by atoms with Gasteiger partial charge in [-0.05, 0) is 12.8 Å². The summed E-state index contributed by atoms with van der Waals surface area (Å²) < 4.78 is 5.12. The lowest BCUT2D eigenvalue weighted by molar-refractivity contribution is -0.143. The predicted octanol–water partition coefficient (Wildman–Crippen LogP) is 4.67. The average Bonchev–Trinajstić information content (AvgIpc) is 2.33. The van der Waals surface area contributed by atoms with E-state index in [0.717, 1.165) is 32.1 Å². The monoisotopic (exact) mass is 241 g/mol. The minimum Gasteiger partial charge on any atom is -0.466 e. The number of carbonyl (C=O) groups excluding carboxylic acids is 1. The van der Waals surface area contributed by atoms with E-state index in [9.17, 15) is 4.79 Å². The second kappa shape index (κ2) is 13.5. The van der Waals surface area contributed by atoms with Crippen LogP contribution in [-0.2, 0) is 9.53 Å². The van der Waals surface area contributed by atoms with Gasteiger partial charge in [0.2, 0.25) is 0 Å². The van der Waals surface area contributed by atoms with Gasteiger partial charge in [-0.2, -0.15) is 0 Å². The SMILES string of the molecule is [CH2]CCCCOC(=O)CCCCCCCCC. The van der Waals surface area contributed by atoms with Gasteiger partial charge < -0.3 is 4.74 Å². The largest absolute Gasteiger partial charge is 0.466 e. The zero-order valence-corrected chi connectivity index (χ0v) is 11.5. The molecule has 0 aromatic heterocycles. The van der Waals surface area contributed by atoms with Crippen molar-refractivity contribution in [3.8, 4) is 0 Å². The minimum atomic E-state index is -0.0254. The number of hydrogen-bond donors (Lipinski definition) is 0. The molecule has 0 aromatic rings. The Morgan fingerprint density at radius 3 is 2.24 bits per heavy atom. The third kappa shape index (κ3) is 13.4. The van der Waals surface area contributed by atoms with E-state index < -0.39 is 0 Å². The first-order valence-electron chi connectivity index (χ1n) is 7.26. The van der Waals surface area contributed by atoms with Crippen LogP contribution >= 0.6 is 0 Å². The minimum absolute atomic E-state index is 0.0254. The molecular weight excluding hydrogens is 212 g/mol. The molecule has 0 heterocycles. The van der Waals surface area contributed by atoms with E-state index in [1.807, 2.05) is 0 Å². The number of ether oxygens (including phenoxy) is 1. The van der Waals surface area contributed by atoms with Crippen LogP contribution in [-0.4, -0.2) is 12.6 Å². The van der Waals surface area contributed by atoms with Crippen LogP contribution in [0.3, 0.4) is 0 Å². The van der Waals surface area contributed by atoms with E-state index in [1.165, 1.54) is 32.1 Å². The van der Waals surface area contributed by atoms with Crippen molar-refractivity contribution >= 4 is 5.97 Å². The third-order valence-corrected chi connectivity index (χ3v) is 2.89. The summed E-state index contributed by atoms with van der Waals surface area (Å²) in [7, 11) is 0. The summed E-state index contributed by atoms with van der Waals surface area (Å²) in [6.07, 6.45) is 12.2. The van der Waals surface area contributed by atoms with Gasteiger partial charge in [0.1, 0.15) is 0 Å². The summed E-state index contributed by atoms with van der Waals surface area (Å²) >= 11 is 0. The highest BCUT2D eigenvalue weighted by Crippen LogP contribution is 2.08. The number of rotatable bonds is 12. The van der Waals surface area contributed by atoms with E-state index in [-0.39, 0.29) is 5.97 Å². The zero-order valence-electron chi connectivity index (χ0n) is 11.5. The standard InChI is InChI=1S/C15H29O2/c1-3-5-7-8-9-10-11-13-15(16)17-14-12-6-4-2/h2-14H2,1H3. The second-order valence-electron chi connectivity index (χ2n) is 4.65. The number of unbranched alkanes of at least 4 members (excludes halogenated alkanes) is 8. The van der Waals surface area contributed by atoms with Gasteiger partial charge in [-0.15, -0.1) is 0 Å². The van der Waals surface area contributed by atoms with Crippen molar-refractivity contribution in [2.24, 2.45) is 0 Å². The molecule has 0 saturated heterocycles. The zero-order chi connectivity index (χ0) is 12.8. The van der Waals surface area contributed by atoms with Crippen molar-refractivity contribution < 1.29 is 9.53 Å². The van der Waals surface area contributed by atoms with Crippen molar-refractivity contribution in [2.75, 3.05) is 6.61 Å². The van der Waals surface area contributed by atoms with Crippen molar-refractivity contribution in [1.29, 1.82) is 0 Å². The summed E-state index contributed by atoms with van der Waals surface area (Å²) in [6, 6.07) is 0. The molecule has 0 fully saturated rings. The van der Waals surface area contributed by atoms with Crippen LogP contribution in [0.25, 0.3) is 0 Å². The summed E-state index contributed by atoms with van der Waals surface area (Å²) in [5, 5.41) is 0. The van der Waals surface area contributed by atoms with Crippen LogP contribution < -0.4 is 0 Å². The van der Waals surface area contributed by atoms with Gasteiger partial charge in [0.15, 0.2) is 0 Å². The van der Waals surface area contributed by atoms with Crippen LogP contribution in [0.5, 0.6) is 0 Å². The van der Waals surface area contributed by atoms with Gasteiger partial charge in [-0.25, -0.2) is 0 Å². The van der Waals surface area contributed by atoms with Crippen molar-refractivity contribution in [3.63, 3.8) is 0 Å². The molecule has 0 N–H and O–H groups in total. The Bertz CT molecular complexity index is 166. The van der Waals surface area contributed by atoms with Crippen LogP contribution in [0.1, 0.15) is 77.6 Å². The number of hydrogen-bond acceptors (Lipinski definition) is 2. The van der Waals surface area contributed by atoms with E-state index in [1.54, 1.807) is 0 Å². The van der Waals surface area contributed by atoms with Gasteiger partial charge in [0, 0.05) is 6.42 Å². The molecule has 17 heavy (non-hydrogen) atoms. The molecule has 101 valence electrons. The molecule has 1 radical (unpaired) electrons. The molecular formula is C15H29O2. The van der Waals surface area contributed by atoms with E-state index in [2.05, 4.69) is 13.8 Å². The highest BCUT2D eigenvalue weighted by Gasteiger charge is 2.01. The van der Waals surface area contributed by atoms with Gasteiger partial charge in [0.05, 0.1) is 6.61 Å². The Labute approximate surface area is 107 Å². The molecule has 0 atom stereocenters. The lowest BCUT2D eigenvalue weighted by atomic mass is 10.1. The Morgan fingerprint density at radius 1 is 0.941 bits per heavy atom. The fraction of sp³-hybridized carbons (Fsp3) is 0.867.